The van der Waals surface area contributed by atoms with Crippen molar-refractivity contribution >= 4 is 25.7 Å². The van der Waals surface area contributed by atoms with Crippen molar-refractivity contribution in [2.75, 3.05) is 26.4 Å². The maximum Gasteiger partial charge on any atom is 0.472 e. The molecule has 0 amide bonds. The number of aliphatic hydroxyl groups excluding tert-OH is 10. The minimum atomic E-state index is -5.69. The highest BCUT2D eigenvalue weighted by Gasteiger charge is 2.58. The van der Waals surface area contributed by atoms with Gasteiger partial charge in [-0.05, 0) is 19.3 Å². The van der Waals surface area contributed by atoms with Crippen LogP contribution in [-0.4, -0.2) is 204 Å². The molecule has 3 fully saturated rings. The Balaban J connectivity index is 1.74. The van der Waals surface area contributed by atoms with E-state index in [0.717, 1.165) is 89.9 Å². The van der Waals surface area contributed by atoms with Gasteiger partial charge >= 0.3 is 25.7 Å². The van der Waals surface area contributed by atoms with Crippen LogP contribution in [0.3, 0.4) is 0 Å². The molecule has 0 bridgehead atoms. The second-order valence-electron chi connectivity index (χ2n) is 26.7. The first-order chi connectivity index (χ1) is 45.3. The molecule has 24 nitrogen and oxygen atoms in total. The Kier molecular flexibility index (Phi) is 47.7. The molecule has 2 aliphatic heterocycles. The van der Waals surface area contributed by atoms with Gasteiger partial charge in [-0.1, -0.05) is 252 Å². The molecule has 3 rings (SSSR count). The van der Waals surface area contributed by atoms with Crippen LogP contribution in [0.5, 0.6) is 0 Å². The molecule has 0 radical (unpaired) electrons. The Morgan fingerprint density at radius 2 is 0.681 bits per heavy atom. The molecule has 2 saturated heterocycles. The second-order valence-corrected chi connectivity index (χ2v) is 28.1. The Bertz CT molecular complexity index is 1960. The number of rotatable bonds is 57. The van der Waals surface area contributed by atoms with Gasteiger partial charge in [-0.2, -0.15) is 0 Å². The monoisotopic (exact) mass is 1370 g/mol. The van der Waals surface area contributed by atoms with Crippen molar-refractivity contribution in [3.8, 4) is 0 Å². The van der Waals surface area contributed by atoms with Crippen LogP contribution in [-0.2, 0) is 61.2 Å². The standard InChI is InChI=1S/C69H129O24P/c1-4-7-10-13-16-19-22-24-26-29-31-34-37-40-43-53(71)85-47-50(88-55(73)45-42-39-36-33-28-21-18-15-12-9-6-3)48-87-94(83,84)93-67-65(91-68-63(81)58(76)56(74)51(46-70)89-68)61(79)60(78)62(80)66(67)92-69-64(82)59(77)57(75)52(90-69)49-86-54(72)44-41-38-35-32-30-27-25-23-20-17-14-11-8-5-2/h50-52,56-70,74-82H,4-49H2,1-3H3,(H,83,84). The number of hydrogen-bond acceptors (Lipinski definition) is 23. The molecule has 1 saturated carbocycles. The predicted octanol–water partition coefficient (Wildman–Crippen LogP) is 9.40. The van der Waals surface area contributed by atoms with E-state index in [2.05, 4.69) is 20.8 Å². The smallest absolute Gasteiger partial charge is 0.463 e. The normalized spacial score (nSPS) is 28.2. The number of hydrogen-bond donors (Lipinski definition) is 11. The molecule has 1 aliphatic carbocycles. The lowest BCUT2D eigenvalue weighted by Gasteiger charge is -2.49. The van der Waals surface area contributed by atoms with Gasteiger partial charge in [-0.15, -0.1) is 0 Å². The van der Waals surface area contributed by atoms with Crippen LogP contribution in [0.1, 0.15) is 290 Å². The summed E-state index contributed by atoms with van der Waals surface area (Å²) in [5, 5.41) is 110. The second kappa shape index (κ2) is 52.0. The van der Waals surface area contributed by atoms with E-state index in [9.17, 15) is 74.9 Å². The average molecular weight is 1370 g/mol. The fourth-order valence-electron chi connectivity index (χ4n) is 12.3. The SMILES string of the molecule is CCCCCCCCCCCCCCCCC(=O)OCC(COP(=O)(O)OC1C(OC2OC(CO)C(O)C(O)C2O)C(O)C(O)C(O)C1OC1OC(COC(=O)CCCCCCCCCCCCCCCC)C(O)C(O)C1O)OC(=O)CCCCCCCCCCCCC. The highest BCUT2D eigenvalue weighted by molar-refractivity contribution is 7.47. The van der Waals surface area contributed by atoms with Gasteiger partial charge < -0.3 is 89.1 Å². The van der Waals surface area contributed by atoms with Crippen LogP contribution in [0.2, 0.25) is 0 Å². The van der Waals surface area contributed by atoms with Crippen molar-refractivity contribution < 1.29 is 117 Å². The fraction of sp³-hybridized carbons (Fsp3) is 0.957. The van der Waals surface area contributed by atoms with E-state index in [0.29, 0.717) is 19.3 Å². The molecule has 0 aromatic heterocycles. The molecular formula is C69H129O24P. The number of carbonyl (C=O) groups excluding carboxylic acids is 3. The molecule has 2 heterocycles. The van der Waals surface area contributed by atoms with Gasteiger partial charge in [0.25, 0.3) is 0 Å². The van der Waals surface area contributed by atoms with Crippen LogP contribution in [0.4, 0.5) is 0 Å². The topological polar surface area (TPSA) is 374 Å². The van der Waals surface area contributed by atoms with E-state index in [-0.39, 0.29) is 19.3 Å². The van der Waals surface area contributed by atoms with E-state index in [1.165, 1.54) is 141 Å². The predicted molar refractivity (Wildman–Crippen MR) is 352 cm³/mol. The number of unbranched alkanes of at least 4 members (excludes halogenated alkanes) is 36. The molecule has 3 aliphatic rings. The van der Waals surface area contributed by atoms with Crippen LogP contribution in [0.15, 0.2) is 0 Å². The van der Waals surface area contributed by atoms with Crippen LogP contribution < -0.4 is 0 Å². The van der Waals surface area contributed by atoms with Gasteiger partial charge in [-0.3, -0.25) is 23.4 Å². The number of ether oxygens (including phenoxy) is 7. The summed E-state index contributed by atoms with van der Waals surface area (Å²) in [6.45, 7) is 3.44. The molecule has 11 N–H and O–H groups in total. The van der Waals surface area contributed by atoms with Crippen molar-refractivity contribution in [1.82, 2.24) is 0 Å². The zero-order valence-electron chi connectivity index (χ0n) is 57.5. The minimum absolute atomic E-state index is 0.0336. The zero-order valence-corrected chi connectivity index (χ0v) is 58.4. The van der Waals surface area contributed by atoms with Crippen molar-refractivity contribution in [2.45, 2.75) is 395 Å². The molecule has 0 aromatic rings. The van der Waals surface area contributed by atoms with E-state index in [1.807, 2.05) is 0 Å². The largest absolute Gasteiger partial charge is 0.472 e. The fourth-order valence-corrected chi connectivity index (χ4v) is 13.3. The first kappa shape index (κ1) is 86.2. The summed E-state index contributed by atoms with van der Waals surface area (Å²) in [5.74, 6) is -1.98. The highest BCUT2D eigenvalue weighted by atomic mass is 31.2. The van der Waals surface area contributed by atoms with Gasteiger partial charge in [0.15, 0.2) is 18.7 Å². The summed E-state index contributed by atoms with van der Waals surface area (Å²) in [5.41, 5.74) is 0. The van der Waals surface area contributed by atoms with Crippen molar-refractivity contribution in [3.63, 3.8) is 0 Å². The third-order valence-electron chi connectivity index (χ3n) is 18.4. The number of esters is 3. The third-order valence-corrected chi connectivity index (χ3v) is 19.4. The summed E-state index contributed by atoms with van der Waals surface area (Å²) >= 11 is 0. The van der Waals surface area contributed by atoms with Gasteiger partial charge in [0.2, 0.25) is 0 Å². The number of carbonyl (C=O) groups is 3. The van der Waals surface area contributed by atoms with Crippen LogP contribution in [0, 0.1) is 0 Å². The number of phosphoric acid groups is 1. The lowest BCUT2D eigenvalue weighted by molar-refractivity contribution is -0.360. The lowest BCUT2D eigenvalue weighted by atomic mass is 9.84. The molecule has 18 unspecified atom stereocenters. The van der Waals surface area contributed by atoms with Crippen molar-refractivity contribution in [2.24, 2.45) is 0 Å². The summed E-state index contributed by atoms with van der Waals surface area (Å²) in [6.07, 6.45) is 7.59. The first-order valence-electron chi connectivity index (χ1n) is 36.8. The first-order valence-corrected chi connectivity index (χ1v) is 38.3. The third kappa shape index (κ3) is 35.3. The van der Waals surface area contributed by atoms with Gasteiger partial charge in [-0.25, -0.2) is 4.57 Å². The Morgan fingerprint density at radius 3 is 1.04 bits per heavy atom. The Morgan fingerprint density at radius 1 is 0.372 bits per heavy atom. The van der Waals surface area contributed by atoms with Crippen LogP contribution >= 0.6 is 7.82 Å². The van der Waals surface area contributed by atoms with E-state index in [4.69, 9.17) is 42.2 Å². The van der Waals surface area contributed by atoms with Crippen LogP contribution in [0.25, 0.3) is 0 Å². The number of phosphoric ester groups is 1. The Hall–Kier alpha value is -2.04. The maximum absolute atomic E-state index is 14.3. The van der Waals surface area contributed by atoms with E-state index in [1.54, 1.807) is 0 Å². The molecule has 554 valence electrons. The van der Waals surface area contributed by atoms with Gasteiger partial charge in [0.05, 0.1) is 13.2 Å². The molecule has 94 heavy (non-hydrogen) atoms. The molecular weight excluding hydrogens is 1240 g/mol. The summed E-state index contributed by atoms with van der Waals surface area (Å²) in [4.78, 5) is 50.9. The average Bonchev–Trinajstić information content (AvgIpc) is 0.766. The Labute approximate surface area is 561 Å². The molecule has 0 aromatic carbocycles. The summed E-state index contributed by atoms with van der Waals surface area (Å²) in [7, 11) is -5.69. The molecule has 0 spiro atoms. The lowest BCUT2D eigenvalue weighted by Crippen LogP contribution is -2.69. The van der Waals surface area contributed by atoms with E-state index < -0.39 is 156 Å². The zero-order chi connectivity index (χ0) is 68.9. The molecule has 25 heteroatoms. The highest BCUT2D eigenvalue weighted by Crippen LogP contribution is 2.49. The quantitative estimate of drug-likeness (QED) is 0.0117. The summed E-state index contributed by atoms with van der Waals surface area (Å²) in [6, 6.07) is 0. The molecule has 18 atom stereocenters. The summed E-state index contributed by atoms with van der Waals surface area (Å²) < 4.78 is 64.9. The van der Waals surface area contributed by atoms with E-state index >= 15 is 0 Å². The van der Waals surface area contributed by atoms with Gasteiger partial charge in [0, 0.05) is 19.3 Å². The minimum Gasteiger partial charge on any atom is -0.463 e. The van der Waals surface area contributed by atoms with Crippen molar-refractivity contribution in [3.05, 3.63) is 0 Å². The van der Waals surface area contributed by atoms with Crippen molar-refractivity contribution in [1.29, 1.82) is 0 Å². The maximum atomic E-state index is 14.3. The van der Waals surface area contributed by atoms with Gasteiger partial charge in [0.1, 0.15) is 98.7 Å². The number of aliphatic hydroxyl groups is 10.